The molecule has 0 aliphatic carbocycles. The number of carboxylic acids is 1. The highest BCUT2D eigenvalue weighted by molar-refractivity contribution is 5.89. The van der Waals surface area contributed by atoms with Crippen molar-refractivity contribution in [3.63, 3.8) is 0 Å². The van der Waals surface area contributed by atoms with Crippen molar-refractivity contribution in [2.45, 2.75) is 32.9 Å². The molecule has 1 amide bonds. The van der Waals surface area contributed by atoms with Crippen molar-refractivity contribution in [2.24, 2.45) is 0 Å². The maximum Gasteiger partial charge on any atom is 0.412 e. The second-order valence-electron chi connectivity index (χ2n) is 5.62. The lowest BCUT2D eigenvalue weighted by Gasteiger charge is -2.19. The van der Waals surface area contributed by atoms with E-state index >= 15 is 0 Å². The number of rotatable bonds is 3. The molecule has 2 aromatic rings. The van der Waals surface area contributed by atoms with E-state index in [1.807, 2.05) is 0 Å². The third kappa shape index (κ3) is 4.20. The molecule has 0 spiro atoms. The monoisotopic (exact) mass is 291 g/mol. The predicted octanol–water partition coefficient (Wildman–Crippen LogP) is 2.47. The predicted molar refractivity (Wildman–Crippen MR) is 77.2 cm³/mol. The number of carbonyl (C=O) groups excluding carboxylic acids is 1. The molecule has 2 N–H and O–H groups in total. The Morgan fingerprint density at radius 1 is 1.38 bits per heavy atom. The van der Waals surface area contributed by atoms with E-state index in [0.29, 0.717) is 11.2 Å². The zero-order valence-electron chi connectivity index (χ0n) is 12.1. The molecule has 0 saturated carbocycles. The topological polar surface area (TPSA) is 93.5 Å². The van der Waals surface area contributed by atoms with Gasteiger partial charge in [0.05, 0.1) is 5.52 Å². The van der Waals surface area contributed by atoms with Gasteiger partial charge in [-0.3, -0.25) is 14.8 Å². The fourth-order valence-corrected chi connectivity index (χ4v) is 1.80. The highest BCUT2D eigenvalue weighted by Crippen LogP contribution is 2.19. The van der Waals surface area contributed by atoms with Gasteiger partial charge in [0.15, 0.2) is 0 Å². The number of hydrogen-bond acceptors (Lipinski definition) is 4. The van der Waals surface area contributed by atoms with Crippen molar-refractivity contribution in [3.05, 3.63) is 24.4 Å². The maximum absolute atomic E-state index is 11.7. The van der Waals surface area contributed by atoms with Crippen molar-refractivity contribution < 1.29 is 19.4 Å². The van der Waals surface area contributed by atoms with Crippen molar-refractivity contribution in [1.82, 2.24) is 9.78 Å². The average molecular weight is 291 g/mol. The Balaban J connectivity index is 2.15. The van der Waals surface area contributed by atoms with E-state index in [9.17, 15) is 9.59 Å². The molecule has 112 valence electrons. The van der Waals surface area contributed by atoms with Gasteiger partial charge in [-0.1, -0.05) is 0 Å². The van der Waals surface area contributed by atoms with Crippen LogP contribution in [-0.4, -0.2) is 32.6 Å². The first kappa shape index (κ1) is 14.8. The first-order valence-electron chi connectivity index (χ1n) is 6.42. The number of hydrogen-bond donors (Lipinski definition) is 2. The molecule has 0 unspecified atom stereocenters. The number of anilines is 1. The van der Waals surface area contributed by atoms with Gasteiger partial charge < -0.3 is 9.84 Å². The number of carboxylic acid groups (broad SMARTS) is 1. The van der Waals surface area contributed by atoms with E-state index in [1.54, 1.807) is 45.2 Å². The lowest BCUT2D eigenvalue weighted by Crippen LogP contribution is -2.27. The number of aromatic nitrogens is 2. The molecule has 21 heavy (non-hydrogen) atoms. The largest absolute Gasteiger partial charge is 0.480 e. The number of ether oxygens (including phenoxy) is 1. The van der Waals surface area contributed by atoms with Crippen LogP contribution < -0.4 is 5.32 Å². The molecule has 2 rings (SSSR count). The lowest BCUT2D eigenvalue weighted by atomic mass is 10.2. The molecule has 7 heteroatoms. The van der Waals surface area contributed by atoms with Gasteiger partial charge in [-0.15, -0.1) is 0 Å². The van der Waals surface area contributed by atoms with Crippen LogP contribution in [0.1, 0.15) is 20.8 Å². The third-order valence-corrected chi connectivity index (χ3v) is 2.49. The fraction of sp³-hybridized carbons (Fsp3) is 0.357. The maximum atomic E-state index is 11.7. The Kier molecular flexibility index (Phi) is 3.84. The smallest absolute Gasteiger partial charge is 0.412 e. The Labute approximate surface area is 121 Å². The van der Waals surface area contributed by atoms with Crippen LogP contribution in [0.15, 0.2) is 24.4 Å². The molecule has 1 aromatic heterocycles. The van der Waals surface area contributed by atoms with E-state index in [0.717, 1.165) is 5.39 Å². The van der Waals surface area contributed by atoms with E-state index < -0.39 is 17.7 Å². The summed E-state index contributed by atoms with van der Waals surface area (Å²) in [5.41, 5.74) is 0.651. The summed E-state index contributed by atoms with van der Waals surface area (Å²) in [5.74, 6) is -0.963. The molecule has 0 fully saturated rings. The number of aliphatic carboxylic acids is 1. The van der Waals surface area contributed by atoms with E-state index in [2.05, 4.69) is 10.4 Å². The van der Waals surface area contributed by atoms with Crippen LogP contribution in [0.3, 0.4) is 0 Å². The fourth-order valence-electron chi connectivity index (χ4n) is 1.80. The van der Waals surface area contributed by atoms with Gasteiger partial charge >= 0.3 is 12.1 Å². The Morgan fingerprint density at radius 3 is 2.71 bits per heavy atom. The zero-order valence-corrected chi connectivity index (χ0v) is 12.1. The van der Waals surface area contributed by atoms with Crippen molar-refractivity contribution in [2.75, 3.05) is 5.32 Å². The van der Waals surface area contributed by atoms with E-state index in [4.69, 9.17) is 9.84 Å². The minimum Gasteiger partial charge on any atom is -0.480 e. The molecule has 0 atom stereocenters. The van der Waals surface area contributed by atoms with Gasteiger partial charge in [0, 0.05) is 17.3 Å². The van der Waals surface area contributed by atoms with Crippen LogP contribution in [0.2, 0.25) is 0 Å². The zero-order chi connectivity index (χ0) is 15.6. The van der Waals surface area contributed by atoms with E-state index in [1.165, 1.54) is 4.68 Å². The van der Waals surface area contributed by atoms with Crippen LogP contribution in [0.5, 0.6) is 0 Å². The Hall–Kier alpha value is -2.57. The summed E-state index contributed by atoms with van der Waals surface area (Å²) in [6.45, 7) is 5.15. The molecular formula is C14H17N3O4. The molecule has 1 heterocycles. The first-order chi connectivity index (χ1) is 9.73. The SMILES string of the molecule is CC(C)(C)OC(=O)Nc1ccc2nn(CC(=O)O)cc2c1. The minimum absolute atomic E-state index is 0.205. The van der Waals surface area contributed by atoms with Crippen molar-refractivity contribution in [1.29, 1.82) is 0 Å². The highest BCUT2D eigenvalue weighted by Gasteiger charge is 2.16. The minimum atomic E-state index is -0.963. The van der Waals surface area contributed by atoms with Crippen molar-refractivity contribution in [3.8, 4) is 0 Å². The number of amides is 1. The number of nitrogens with one attached hydrogen (secondary N) is 1. The summed E-state index contributed by atoms with van der Waals surface area (Å²) in [5, 5.41) is 16.2. The summed E-state index contributed by atoms with van der Waals surface area (Å²) in [6, 6.07) is 5.11. The summed E-state index contributed by atoms with van der Waals surface area (Å²) in [7, 11) is 0. The summed E-state index contributed by atoms with van der Waals surface area (Å²) in [4.78, 5) is 22.3. The van der Waals surface area contributed by atoms with Gasteiger partial charge in [0.25, 0.3) is 0 Å². The van der Waals surface area contributed by atoms with Gasteiger partial charge in [-0.2, -0.15) is 5.10 Å². The standard InChI is InChI=1S/C14H17N3O4/c1-14(2,3)21-13(20)15-10-4-5-11-9(6-10)7-17(16-11)8-12(18)19/h4-7H,8H2,1-3H3,(H,15,20)(H,18,19). The first-order valence-corrected chi connectivity index (χ1v) is 6.42. The number of carbonyl (C=O) groups is 2. The van der Waals surface area contributed by atoms with Crippen molar-refractivity contribution >= 4 is 28.7 Å². The molecule has 0 aliphatic heterocycles. The molecular weight excluding hydrogens is 274 g/mol. The van der Waals surface area contributed by atoms with Crippen LogP contribution in [-0.2, 0) is 16.1 Å². The normalized spacial score (nSPS) is 11.4. The molecule has 0 aliphatic rings. The summed E-state index contributed by atoms with van der Waals surface area (Å²) < 4.78 is 6.50. The second-order valence-corrected chi connectivity index (χ2v) is 5.62. The van der Waals surface area contributed by atoms with Gasteiger partial charge in [-0.25, -0.2) is 4.79 Å². The van der Waals surface area contributed by atoms with Gasteiger partial charge in [0.2, 0.25) is 0 Å². The number of fused-ring (bicyclic) bond motifs is 1. The van der Waals surface area contributed by atoms with Gasteiger partial charge in [0.1, 0.15) is 12.1 Å². The molecule has 0 radical (unpaired) electrons. The van der Waals surface area contributed by atoms with Crippen LogP contribution in [0.25, 0.3) is 10.9 Å². The molecule has 7 nitrogen and oxygen atoms in total. The summed E-state index contributed by atoms with van der Waals surface area (Å²) in [6.07, 6.45) is 1.07. The third-order valence-electron chi connectivity index (χ3n) is 2.49. The second kappa shape index (κ2) is 5.43. The van der Waals surface area contributed by atoms with Gasteiger partial charge in [-0.05, 0) is 39.0 Å². The quantitative estimate of drug-likeness (QED) is 0.906. The highest BCUT2D eigenvalue weighted by atomic mass is 16.6. The Bertz CT molecular complexity index is 685. The van der Waals surface area contributed by atoms with Crippen LogP contribution >= 0.6 is 0 Å². The number of benzene rings is 1. The molecule has 1 aromatic carbocycles. The lowest BCUT2D eigenvalue weighted by molar-refractivity contribution is -0.137. The van der Waals surface area contributed by atoms with Crippen LogP contribution in [0, 0.1) is 0 Å². The Morgan fingerprint density at radius 2 is 2.10 bits per heavy atom. The summed E-state index contributed by atoms with van der Waals surface area (Å²) >= 11 is 0. The molecule has 0 saturated heterocycles. The van der Waals surface area contributed by atoms with Crippen LogP contribution in [0.4, 0.5) is 10.5 Å². The van der Waals surface area contributed by atoms with E-state index in [-0.39, 0.29) is 6.54 Å². The molecule has 0 bridgehead atoms. The number of nitrogens with zero attached hydrogens (tertiary/aromatic N) is 2. The average Bonchev–Trinajstić information content (AvgIpc) is 2.66.